The third-order valence-electron chi connectivity index (χ3n) is 6.04. The van der Waals surface area contributed by atoms with Gasteiger partial charge in [-0.3, -0.25) is 4.79 Å². The number of piperidine rings is 1. The quantitative estimate of drug-likeness (QED) is 0.918. The van der Waals surface area contributed by atoms with Crippen molar-refractivity contribution in [2.45, 2.75) is 51.4 Å². The highest BCUT2D eigenvalue weighted by molar-refractivity contribution is 5.90. The lowest BCUT2D eigenvalue weighted by Crippen LogP contribution is -2.30. The molecule has 3 atom stereocenters. The van der Waals surface area contributed by atoms with E-state index in [0.717, 1.165) is 36.4 Å². The molecule has 0 spiro atoms. The van der Waals surface area contributed by atoms with E-state index in [0.29, 0.717) is 12.3 Å². The van der Waals surface area contributed by atoms with Crippen molar-refractivity contribution < 1.29 is 4.79 Å². The summed E-state index contributed by atoms with van der Waals surface area (Å²) in [6.45, 7) is 2.20. The van der Waals surface area contributed by atoms with Crippen LogP contribution in [0.15, 0.2) is 18.3 Å². The van der Waals surface area contributed by atoms with Gasteiger partial charge in [-0.1, -0.05) is 6.42 Å². The summed E-state index contributed by atoms with van der Waals surface area (Å²) in [6.07, 6.45) is 11.7. The van der Waals surface area contributed by atoms with Gasteiger partial charge in [0.25, 0.3) is 0 Å². The molecule has 2 bridgehead atoms. The minimum absolute atomic E-state index is 0.162. The fourth-order valence-corrected chi connectivity index (χ4v) is 4.85. The summed E-state index contributed by atoms with van der Waals surface area (Å²) in [5.41, 5.74) is 0.832. The summed E-state index contributed by atoms with van der Waals surface area (Å²) in [6, 6.07) is 4.04. The smallest absolute Gasteiger partial charge is 0.224 e. The Labute approximate surface area is 138 Å². The second-order valence-electron chi connectivity index (χ2n) is 7.64. The number of pyridine rings is 1. The Morgan fingerprint density at radius 3 is 2.70 bits per heavy atom. The summed E-state index contributed by atoms with van der Waals surface area (Å²) in [5, 5.41) is 3.04. The number of fused-ring (bicyclic) bond motifs is 2. The molecule has 2 aliphatic carbocycles. The van der Waals surface area contributed by atoms with Gasteiger partial charge in [0.15, 0.2) is 0 Å². The van der Waals surface area contributed by atoms with Gasteiger partial charge in [0.05, 0.1) is 11.9 Å². The maximum atomic E-state index is 12.3. The number of anilines is 2. The number of amides is 1. The standard InChI is InChI=1S/C19H27N3O/c23-19(12-16-11-14-4-5-15(16)10-14)21-17-6-7-18(20-13-17)22-8-2-1-3-9-22/h6-7,13-16H,1-5,8-12H2,(H,21,23)/t14-,15-,16+/m0/s1. The zero-order chi connectivity index (χ0) is 15.6. The molecule has 0 unspecified atom stereocenters. The first-order valence-corrected chi connectivity index (χ1v) is 9.29. The lowest BCUT2D eigenvalue weighted by Gasteiger charge is -2.27. The predicted molar refractivity (Wildman–Crippen MR) is 92.5 cm³/mol. The predicted octanol–water partition coefficient (Wildman–Crippen LogP) is 3.84. The Bertz CT molecular complexity index is 550. The fourth-order valence-electron chi connectivity index (χ4n) is 4.85. The van der Waals surface area contributed by atoms with E-state index in [1.54, 1.807) is 0 Å². The number of hydrogen-bond acceptors (Lipinski definition) is 3. The first kappa shape index (κ1) is 15.0. The largest absolute Gasteiger partial charge is 0.357 e. The topological polar surface area (TPSA) is 45.2 Å². The monoisotopic (exact) mass is 313 g/mol. The van der Waals surface area contributed by atoms with E-state index >= 15 is 0 Å². The molecule has 1 N–H and O–H groups in total. The van der Waals surface area contributed by atoms with Crippen molar-refractivity contribution in [2.24, 2.45) is 17.8 Å². The average molecular weight is 313 g/mol. The van der Waals surface area contributed by atoms with Gasteiger partial charge in [0.2, 0.25) is 5.91 Å². The zero-order valence-electron chi connectivity index (χ0n) is 13.8. The van der Waals surface area contributed by atoms with Crippen molar-refractivity contribution >= 4 is 17.4 Å². The van der Waals surface area contributed by atoms with E-state index in [1.807, 2.05) is 18.3 Å². The van der Waals surface area contributed by atoms with Crippen LogP contribution < -0.4 is 10.2 Å². The number of carbonyl (C=O) groups is 1. The molecule has 1 amide bonds. The molecule has 1 aromatic heterocycles. The van der Waals surface area contributed by atoms with Crippen LogP contribution in [0.3, 0.4) is 0 Å². The first-order valence-electron chi connectivity index (χ1n) is 9.29. The van der Waals surface area contributed by atoms with Crippen LogP contribution in [-0.2, 0) is 4.79 Å². The molecule has 1 aliphatic heterocycles. The van der Waals surface area contributed by atoms with Crippen LogP contribution in [0.5, 0.6) is 0 Å². The first-order chi connectivity index (χ1) is 11.3. The number of rotatable bonds is 4. The molecule has 1 aromatic rings. The van der Waals surface area contributed by atoms with E-state index in [-0.39, 0.29) is 5.91 Å². The molecule has 3 aliphatic rings. The van der Waals surface area contributed by atoms with Crippen LogP contribution in [0, 0.1) is 17.8 Å². The van der Waals surface area contributed by atoms with E-state index < -0.39 is 0 Å². The molecule has 3 fully saturated rings. The van der Waals surface area contributed by atoms with Gasteiger partial charge >= 0.3 is 0 Å². The minimum atomic E-state index is 0.162. The lowest BCUT2D eigenvalue weighted by atomic mass is 9.86. The Balaban J connectivity index is 1.30. The van der Waals surface area contributed by atoms with Crippen LogP contribution in [-0.4, -0.2) is 24.0 Å². The molecule has 2 heterocycles. The summed E-state index contributed by atoms with van der Waals surface area (Å²) >= 11 is 0. The number of aromatic nitrogens is 1. The summed E-state index contributed by atoms with van der Waals surface area (Å²) in [7, 11) is 0. The SMILES string of the molecule is O=C(C[C@H]1C[C@H]2CC[C@H]1C2)Nc1ccc(N2CCCCC2)nc1. The van der Waals surface area contributed by atoms with E-state index in [4.69, 9.17) is 0 Å². The lowest BCUT2D eigenvalue weighted by molar-refractivity contribution is -0.117. The van der Waals surface area contributed by atoms with E-state index in [9.17, 15) is 4.79 Å². The average Bonchev–Trinajstić information content (AvgIpc) is 3.19. The van der Waals surface area contributed by atoms with E-state index in [1.165, 1.54) is 44.9 Å². The third-order valence-corrected chi connectivity index (χ3v) is 6.04. The molecule has 1 saturated heterocycles. The number of hydrogen-bond donors (Lipinski definition) is 1. The van der Waals surface area contributed by atoms with E-state index in [2.05, 4.69) is 15.2 Å². The highest BCUT2D eigenvalue weighted by atomic mass is 16.1. The Kier molecular flexibility index (Phi) is 4.23. The Morgan fingerprint density at radius 1 is 1.17 bits per heavy atom. The van der Waals surface area contributed by atoms with Crippen molar-refractivity contribution in [1.29, 1.82) is 0 Å². The van der Waals surface area contributed by atoms with Crippen molar-refractivity contribution in [1.82, 2.24) is 4.98 Å². The molecule has 4 heteroatoms. The molecule has 124 valence electrons. The van der Waals surface area contributed by atoms with Gasteiger partial charge in [0, 0.05) is 19.5 Å². The van der Waals surface area contributed by atoms with Gasteiger partial charge in [-0.25, -0.2) is 4.98 Å². The van der Waals surface area contributed by atoms with Crippen molar-refractivity contribution in [3.05, 3.63) is 18.3 Å². The summed E-state index contributed by atoms with van der Waals surface area (Å²) < 4.78 is 0. The molecule has 2 saturated carbocycles. The van der Waals surface area contributed by atoms with Gasteiger partial charge < -0.3 is 10.2 Å². The highest BCUT2D eigenvalue weighted by Gasteiger charge is 2.40. The van der Waals surface area contributed by atoms with Crippen LogP contribution in [0.1, 0.15) is 51.4 Å². The van der Waals surface area contributed by atoms with Crippen molar-refractivity contribution in [3.8, 4) is 0 Å². The third kappa shape index (κ3) is 3.36. The normalized spacial score (nSPS) is 29.7. The van der Waals surface area contributed by atoms with Crippen LogP contribution in [0.25, 0.3) is 0 Å². The van der Waals surface area contributed by atoms with Crippen molar-refractivity contribution in [3.63, 3.8) is 0 Å². The van der Waals surface area contributed by atoms with Gasteiger partial charge in [-0.2, -0.15) is 0 Å². The van der Waals surface area contributed by atoms with Crippen molar-refractivity contribution in [2.75, 3.05) is 23.3 Å². The summed E-state index contributed by atoms with van der Waals surface area (Å²) in [5.74, 6) is 3.54. The molecule has 0 radical (unpaired) electrons. The molecular weight excluding hydrogens is 286 g/mol. The fraction of sp³-hybridized carbons (Fsp3) is 0.684. The van der Waals surface area contributed by atoms with Gasteiger partial charge in [0.1, 0.15) is 5.82 Å². The molecule has 0 aromatic carbocycles. The number of nitrogens with zero attached hydrogens (tertiary/aromatic N) is 2. The number of nitrogens with one attached hydrogen (secondary N) is 1. The zero-order valence-corrected chi connectivity index (χ0v) is 13.8. The van der Waals surface area contributed by atoms with Gasteiger partial charge in [-0.05, 0) is 68.4 Å². The molecule has 4 rings (SSSR count). The molecule has 4 nitrogen and oxygen atoms in total. The molecule has 23 heavy (non-hydrogen) atoms. The second-order valence-corrected chi connectivity index (χ2v) is 7.64. The van der Waals surface area contributed by atoms with Crippen LogP contribution >= 0.6 is 0 Å². The minimum Gasteiger partial charge on any atom is -0.357 e. The Hall–Kier alpha value is -1.58. The number of carbonyl (C=O) groups excluding carboxylic acids is 1. The maximum Gasteiger partial charge on any atom is 0.224 e. The van der Waals surface area contributed by atoms with Crippen LogP contribution in [0.2, 0.25) is 0 Å². The highest BCUT2D eigenvalue weighted by Crippen LogP contribution is 2.49. The molecular formula is C19H27N3O. The summed E-state index contributed by atoms with van der Waals surface area (Å²) in [4.78, 5) is 19.2. The second kappa shape index (κ2) is 6.50. The van der Waals surface area contributed by atoms with Gasteiger partial charge in [-0.15, -0.1) is 0 Å². The Morgan fingerprint density at radius 2 is 2.04 bits per heavy atom. The van der Waals surface area contributed by atoms with Crippen LogP contribution in [0.4, 0.5) is 11.5 Å². The maximum absolute atomic E-state index is 12.3.